The Morgan fingerprint density at radius 1 is 1.09 bits per heavy atom. The highest BCUT2D eigenvalue weighted by atomic mass is 16.6. The highest BCUT2D eigenvalue weighted by molar-refractivity contribution is 5.96. The summed E-state index contributed by atoms with van der Waals surface area (Å²) in [5.41, 5.74) is 3.80. The topological polar surface area (TPSA) is 75.5 Å². The number of nitrogens with one attached hydrogen (secondary N) is 1. The van der Waals surface area contributed by atoms with Gasteiger partial charge in [-0.3, -0.25) is 14.9 Å². The van der Waals surface area contributed by atoms with Gasteiger partial charge in [-0.1, -0.05) is 0 Å². The average molecular weight is 297 g/mol. The molecule has 1 amide bonds. The van der Waals surface area contributed by atoms with E-state index in [0.29, 0.717) is 6.42 Å². The van der Waals surface area contributed by atoms with Crippen LogP contribution in [-0.4, -0.2) is 17.9 Å². The molecule has 0 radical (unpaired) electrons. The number of carbonyl (C=O) groups is 1. The molecule has 0 unspecified atom stereocenters. The summed E-state index contributed by atoms with van der Waals surface area (Å²) >= 11 is 0. The highest BCUT2D eigenvalue weighted by Crippen LogP contribution is 2.30. The maximum atomic E-state index is 11.7. The van der Waals surface area contributed by atoms with Crippen molar-refractivity contribution in [2.24, 2.45) is 0 Å². The Bertz CT molecular complexity index is 741. The second-order valence-electron chi connectivity index (χ2n) is 5.23. The SMILES string of the molecule is CN1C(=O)CCc2cc(Nc3ccc([N+](=O)[O-])cc3)ccc21. The largest absolute Gasteiger partial charge is 0.356 e. The quantitative estimate of drug-likeness (QED) is 0.697. The van der Waals surface area contributed by atoms with E-state index in [-0.39, 0.29) is 11.6 Å². The number of benzene rings is 2. The number of hydrogen-bond acceptors (Lipinski definition) is 4. The van der Waals surface area contributed by atoms with E-state index in [4.69, 9.17) is 0 Å². The summed E-state index contributed by atoms with van der Waals surface area (Å²) in [4.78, 5) is 23.6. The summed E-state index contributed by atoms with van der Waals surface area (Å²) in [7, 11) is 1.78. The van der Waals surface area contributed by atoms with Crippen molar-refractivity contribution in [2.45, 2.75) is 12.8 Å². The van der Waals surface area contributed by atoms with Gasteiger partial charge in [0, 0.05) is 42.7 Å². The summed E-state index contributed by atoms with van der Waals surface area (Å²) in [5.74, 6) is 0.128. The molecule has 0 fully saturated rings. The van der Waals surface area contributed by atoms with Crippen molar-refractivity contribution in [3.8, 4) is 0 Å². The number of non-ortho nitro benzene ring substituents is 1. The normalized spacial score (nSPS) is 13.7. The third-order valence-corrected chi connectivity index (χ3v) is 3.79. The first-order valence-corrected chi connectivity index (χ1v) is 6.95. The monoisotopic (exact) mass is 297 g/mol. The van der Waals surface area contributed by atoms with Crippen molar-refractivity contribution in [1.82, 2.24) is 0 Å². The van der Waals surface area contributed by atoms with Crippen LogP contribution in [0, 0.1) is 10.1 Å². The number of aryl methyl sites for hydroxylation is 1. The van der Waals surface area contributed by atoms with E-state index in [1.807, 2.05) is 18.2 Å². The molecule has 3 rings (SSSR count). The fourth-order valence-electron chi connectivity index (χ4n) is 2.57. The Kier molecular flexibility index (Phi) is 3.50. The second kappa shape index (κ2) is 5.48. The second-order valence-corrected chi connectivity index (χ2v) is 5.23. The highest BCUT2D eigenvalue weighted by Gasteiger charge is 2.20. The molecule has 0 aliphatic carbocycles. The molecule has 6 heteroatoms. The molecule has 2 aromatic carbocycles. The maximum Gasteiger partial charge on any atom is 0.269 e. The lowest BCUT2D eigenvalue weighted by Crippen LogP contribution is -2.30. The van der Waals surface area contributed by atoms with Gasteiger partial charge < -0.3 is 10.2 Å². The predicted octanol–water partition coefficient (Wildman–Crippen LogP) is 3.25. The van der Waals surface area contributed by atoms with E-state index in [2.05, 4.69) is 5.32 Å². The molecule has 0 atom stereocenters. The number of nitro benzene ring substituents is 1. The van der Waals surface area contributed by atoms with Crippen molar-refractivity contribution < 1.29 is 9.72 Å². The number of carbonyl (C=O) groups excluding carboxylic acids is 1. The third-order valence-electron chi connectivity index (χ3n) is 3.79. The Morgan fingerprint density at radius 3 is 2.45 bits per heavy atom. The van der Waals surface area contributed by atoms with Crippen LogP contribution >= 0.6 is 0 Å². The van der Waals surface area contributed by atoms with Crippen LogP contribution < -0.4 is 10.2 Å². The first kappa shape index (κ1) is 14.1. The minimum absolute atomic E-state index is 0.0659. The molecule has 0 aromatic heterocycles. The molecule has 0 saturated heterocycles. The predicted molar refractivity (Wildman–Crippen MR) is 84.6 cm³/mol. The van der Waals surface area contributed by atoms with Crippen LogP contribution in [0.2, 0.25) is 0 Å². The lowest BCUT2D eigenvalue weighted by atomic mass is 10.0. The third kappa shape index (κ3) is 2.63. The number of hydrogen-bond donors (Lipinski definition) is 1. The Balaban J connectivity index is 1.81. The number of nitrogens with zero attached hydrogens (tertiary/aromatic N) is 2. The van der Waals surface area contributed by atoms with Crippen molar-refractivity contribution in [2.75, 3.05) is 17.3 Å². The number of anilines is 3. The summed E-state index contributed by atoms with van der Waals surface area (Å²) in [6.07, 6.45) is 1.25. The minimum Gasteiger partial charge on any atom is -0.356 e. The van der Waals surface area contributed by atoms with Crippen LogP contribution in [0.5, 0.6) is 0 Å². The molecule has 22 heavy (non-hydrogen) atoms. The molecule has 0 spiro atoms. The number of fused-ring (bicyclic) bond motifs is 1. The molecule has 112 valence electrons. The molecule has 2 aromatic rings. The van der Waals surface area contributed by atoms with Crippen LogP contribution in [-0.2, 0) is 11.2 Å². The van der Waals surface area contributed by atoms with Crippen LogP contribution in [0.4, 0.5) is 22.7 Å². The zero-order valence-corrected chi connectivity index (χ0v) is 12.1. The van der Waals surface area contributed by atoms with Gasteiger partial charge in [-0.05, 0) is 42.3 Å². The Labute approximate surface area is 127 Å². The summed E-state index contributed by atoms with van der Waals surface area (Å²) in [6, 6.07) is 12.1. The average Bonchev–Trinajstić information content (AvgIpc) is 2.51. The van der Waals surface area contributed by atoms with Gasteiger partial charge in [0.25, 0.3) is 5.69 Å². The molecule has 1 aliphatic rings. The molecular weight excluding hydrogens is 282 g/mol. The van der Waals surface area contributed by atoms with Gasteiger partial charge in [-0.25, -0.2) is 0 Å². The van der Waals surface area contributed by atoms with Gasteiger partial charge in [-0.2, -0.15) is 0 Å². The Morgan fingerprint density at radius 2 is 1.77 bits per heavy atom. The molecule has 1 aliphatic heterocycles. The van der Waals surface area contributed by atoms with Crippen LogP contribution in [0.3, 0.4) is 0 Å². The summed E-state index contributed by atoms with van der Waals surface area (Å²) in [5, 5.41) is 13.9. The number of amides is 1. The van der Waals surface area contributed by atoms with Crippen molar-refractivity contribution >= 4 is 28.7 Å². The maximum absolute atomic E-state index is 11.7. The van der Waals surface area contributed by atoms with Gasteiger partial charge >= 0.3 is 0 Å². The summed E-state index contributed by atoms with van der Waals surface area (Å²) < 4.78 is 0. The van der Waals surface area contributed by atoms with E-state index < -0.39 is 4.92 Å². The number of nitro groups is 1. The van der Waals surface area contributed by atoms with E-state index in [1.165, 1.54) is 12.1 Å². The standard InChI is InChI=1S/C16H15N3O3/c1-18-15-8-5-13(10-11(15)2-9-16(18)20)17-12-3-6-14(7-4-12)19(21)22/h3-8,10,17H,2,9H2,1H3. The van der Waals surface area contributed by atoms with Gasteiger partial charge in [0.15, 0.2) is 0 Å². The minimum atomic E-state index is -0.421. The Hall–Kier alpha value is -2.89. The van der Waals surface area contributed by atoms with Crippen molar-refractivity contribution in [1.29, 1.82) is 0 Å². The molecule has 6 nitrogen and oxygen atoms in total. The van der Waals surface area contributed by atoms with Gasteiger partial charge in [0.2, 0.25) is 5.91 Å². The first-order valence-electron chi connectivity index (χ1n) is 6.95. The summed E-state index contributed by atoms with van der Waals surface area (Å²) in [6.45, 7) is 0. The zero-order valence-electron chi connectivity index (χ0n) is 12.1. The number of rotatable bonds is 3. The molecule has 1 heterocycles. The zero-order chi connectivity index (χ0) is 15.7. The van der Waals surface area contributed by atoms with E-state index in [0.717, 1.165) is 29.0 Å². The lowest BCUT2D eigenvalue weighted by molar-refractivity contribution is -0.384. The van der Waals surface area contributed by atoms with Gasteiger partial charge in [-0.15, -0.1) is 0 Å². The molecule has 0 saturated carbocycles. The first-order chi connectivity index (χ1) is 10.5. The van der Waals surface area contributed by atoms with Crippen LogP contribution in [0.25, 0.3) is 0 Å². The van der Waals surface area contributed by atoms with Gasteiger partial charge in [0.1, 0.15) is 0 Å². The van der Waals surface area contributed by atoms with Crippen LogP contribution in [0.15, 0.2) is 42.5 Å². The van der Waals surface area contributed by atoms with E-state index >= 15 is 0 Å². The molecule has 0 bridgehead atoms. The van der Waals surface area contributed by atoms with Crippen molar-refractivity contribution in [3.63, 3.8) is 0 Å². The lowest BCUT2D eigenvalue weighted by Gasteiger charge is -2.26. The molecular formula is C16H15N3O3. The van der Waals surface area contributed by atoms with E-state index in [9.17, 15) is 14.9 Å². The van der Waals surface area contributed by atoms with Gasteiger partial charge in [0.05, 0.1) is 4.92 Å². The van der Waals surface area contributed by atoms with E-state index in [1.54, 1.807) is 24.1 Å². The fraction of sp³-hybridized carbons (Fsp3) is 0.188. The van der Waals surface area contributed by atoms with Crippen molar-refractivity contribution in [3.05, 3.63) is 58.1 Å². The smallest absolute Gasteiger partial charge is 0.269 e. The fourth-order valence-corrected chi connectivity index (χ4v) is 2.57. The molecule has 1 N–H and O–H groups in total. The van der Waals surface area contributed by atoms with Crippen LogP contribution in [0.1, 0.15) is 12.0 Å².